The van der Waals surface area contributed by atoms with E-state index in [4.69, 9.17) is 5.73 Å². The van der Waals surface area contributed by atoms with Gasteiger partial charge in [0.25, 0.3) is 0 Å². The standard InChI is InChI=1S/C25H32N4O6S/c1-12-19-18(13(2)30)24(33)29(19)20(25(34)35)21(12)36-15-9-17(23(32)27(3)4)28(11-15)10-14-7-5-6-8-16(14)22(26)31/h5-8,12-13,15,17-19,30H,9-11H2,1-4H3,(H2,26,31)(H,34,35)/t12-,13-,15?,17+,18-,19?/m1/s1. The van der Waals surface area contributed by atoms with Gasteiger partial charge < -0.3 is 25.7 Å². The van der Waals surface area contributed by atoms with Gasteiger partial charge in [-0.1, -0.05) is 25.1 Å². The van der Waals surface area contributed by atoms with E-state index in [1.807, 2.05) is 24.0 Å². The third-order valence-corrected chi connectivity index (χ3v) is 8.85. The van der Waals surface area contributed by atoms with E-state index in [2.05, 4.69) is 0 Å². The number of likely N-dealkylation sites (tertiary alicyclic amines) is 1. The van der Waals surface area contributed by atoms with Crippen LogP contribution in [0.3, 0.4) is 0 Å². The van der Waals surface area contributed by atoms with Crippen molar-refractivity contribution in [3.05, 3.63) is 46.0 Å². The van der Waals surface area contributed by atoms with Crippen molar-refractivity contribution in [1.82, 2.24) is 14.7 Å². The molecule has 3 aliphatic rings. The number of nitrogens with two attached hydrogens (primary N) is 1. The average Bonchev–Trinajstić information content (AvgIpc) is 3.30. The zero-order valence-corrected chi connectivity index (χ0v) is 21.6. The van der Waals surface area contributed by atoms with E-state index >= 15 is 0 Å². The van der Waals surface area contributed by atoms with Crippen molar-refractivity contribution in [3.63, 3.8) is 0 Å². The van der Waals surface area contributed by atoms with Crippen molar-refractivity contribution in [2.75, 3.05) is 20.6 Å². The molecular weight excluding hydrogens is 484 g/mol. The Bertz CT molecular complexity index is 1140. The number of aliphatic hydroxyl groups excluding tert-OH is 1. The van der Waals surface area contributed by atoms with Crippen LogP contribution < -0.4 is 5.73 Å². The second kappa shape index (κ2) is 9.87. The van der Waals surface area contributed by atoms with Crippen LogP contribution in [0, 0.1) is 11.8 Å². The summed E-state index contributed by atoms with van der Waals surface area (Å²) in [5, 5.41) is 19.9. The van der Waals surface area contributed by atoms with Crippen molar-refractivity contribution >= 4 is 35.5 Å². The highest BCUT2D eigenvalue weighted by Gasteiger charge is 2.60. The number of carboxylic acids is 1. The lowest BCUT2D eigenvalue weighted by Gasteiger charge is -2.46. The van der Waals surface area contributed by atoms with E-state index in [-0.39, 0.29) is 34.7 Å². The third-order valence-electron chi connectivity index (χ3n) is 7.35. The molecule has 10 nitrogen and oxygen atoms in total. The number of carboxylic acid groups (broad SMARTS) is 1. The smallest absolute Gasteiger partial charge is 0.353 e. The van der Waals surface area contributed by atoms with Crippen molar-refractivity contribution in [3.8, 4) is 0 Å². The summed E-state index contributed by atoms with van der Waals surface area (Å²) in [4.78, 5) is 55.2. The van der Waals surface area contributed by atoms with Crippen LogP contribution in [0.5, 0.6) is 0 Å². The summed E-state index contributed by atoms with van der Waals surface area (Å²) >= 11 is 1.40. The molecule has 36 heavy (non-hydrogen) atoms. The molecule has 0 bridgehead atoms. The SMILES string of the molecule is C[C@H]1C(SC2C[C@@H](C(=O)N(C)C)N(Cc3ccccc3C(N)=O)C2)=C(C(=O)O)N2C(=O)[C@H]([C@@H](C)O)C12. The van der Waals surface area contributed by atoms with Crippen molar-refractivity contribution < 1.29 is 29.4 Å². The van der Waals surface area contributed by atoms with Crippen LogP contribution >= 0.6 is 11.8 Å². The number of fused-ring (bicyclic) bond motifs is 1. The van der Waals surface area contributed by atoms with Crippen LogP contribution in [0.15, 0.2) is 34.9 Å². The summed E-state index contributed by atoms with van der Waals surface area (Å²) in [6.45, 7) is 4.27. The molecule has 3 heterocycles. The van der Waals surface area contributed by atoms with Gasteiger partial charge in [0.15, 0.2) is 0 Å². The predicted octanol–water partition coefficient (Wildman–Crippen LogP) is 0.704. The second-order valence-electron chi connectivity index (χ2n) is 9.95. The summed E-state index contributed by atoms with van der Waals surface area (Å²) in [5.41, 5.74) is 6.66. The van der Waals surface area contributed by atoms with Crippen LogP contribution in [0.4, 0.5) is 0 Å². The van der Waals surface area contributed by atoms with Gasteiger partial charge in [0.2, 0.25) is 17.7 Å². The molecule has 11 heteroatoms. The maximum atomic E-state index is 13.1. The number of rotatable bonds is 8. The Kier molecular flexibility index (Phi) is 7.18. The molecule has 2 saturated heterocycles. The monoisotopic (exact) mass is 516 g/mol. The molecule has 2 fully saturated rings. The van der Waals surface area contributed by atoms with Crippen molar-refractivity contribution in [2.45, 2.75) is 50.3 Å². The number of carbonyl (C=O) groups excluding carboxylic acids is 3. The Labute approximate surface area is 214 Å². The van der Waals surface area contributed by atoms with Gasteiger partial charge in [0.05, 0.1) is 24.1 Å². The van der Waals surface area contributed by atoms with Gasteiger partial charge in [-0.05, 0) is 25.0 Å². The molecule has 0 aliphatic carbocycles. The average molecular weight is 517 g/mol. The second-order valence-corrected chi connectivity index (χ2v) is 11.3. The van der Waals surface area contributed by atoms with Gasteiger partial charge in [-0.3, -0.25) is 19.3 Å². The molecule has 3 amide bonds. The highest BCUT2D eigenvalue weighted by Crippen LogP contribution is 2.52. The number of hydrogen-bond donors (Lipinski definition) is 3. The zero-order valence-electron chi connectivity index (χ0n) is 20.7. The van der Waals surface area contributed by atoms with Crippen molar-refractivity contribution in [2.24, 2.45) is 17.6 Å². The summed E-state index contributed by atoms with van der Waals surface area (Å²) in [5.74, 6) is -3.02. The van der Waals surface area contributed by atoms with Crippen LogP contribution in [-0.2, 0) is 20.9 Å². The first kappa shape index (κ1) is 26.2. The lowest BCUT2D eigenvalue weighted by Crippen LogP contribution is -2.63. The Morgan fingerprint density at radius 3 is 2.50 bits per heavy atom. The third kappa shape index (κ3) is 4.39. The number of amides is 3. The van der Waals surface area contributed by atoms with Crippen LogP contribution in [0.2, 0.25) is 0 Å². The van der Waals surface area contributed by atoms with E-state index in [1.165, 1.54) is 21.6 Å². The predicted molar refractivity (Wildman–Crippen MR) is 133 cm³/mol. The van der Waals surface area contributed by atoms with Gasteiger partial charge in [-0.2, -0.15) is 0 Å². The van der Waals surface area contributed by atoms with Gasteiger partial charge in [-0.25, -0.2) is 4.79 Å². The van der Waals surface area contributed by atoms with Gasteiger partial charge >= 0.3 is 5.97 Å². The molecule has 6 atom stereocenters. The molecule has 0 saturated carbocycles. The number of benzene rings is 1. The first-order chi connectivity index (χ1) is 16.9. The number of thioether (sulfide) groups is 1. The first-order valence-electron chi connectivity index (χ1n) is 11.9. The zero-order chi connectivity index (χ0) is 26.5. The number of primary amides is 1. The Hall–Kier alpha value is -2.89. The minimum atomic E-state index is -1.17. The van der Waals surface area contributed by atoms with E-state index < -0.39 is 29.9 Å². The maximum absolute atomic E-state index is 13.1. The van der Waals surface area contributed by atoms with E-state index in [0.717, 1.165) is 5.56 Å². The lowest BCUT2D eigenvalue weighted by atomic mass is 9.79. The number of nitrogens with zero attached hydrogens (tertiary/aromatic N) is 3. The lowest BCUT2D eigenvalue weighted by molar-refractivity contribution is -0.163. The first-order valence-corrected chi connectivity index (χ1v) is 12.8. The van der Waals surface area contributed by atoms with Gasteiger partial charge in [-0.15, -0.1) is 11.8 Å². The quantitative estimate of drug-likeness (QED) is 0.429. The summed E-state index contributed by atoms with van der Waals surface area (Å²) < 4.78 is 0. The maximum Gasteiger partial charge on any atom is 0.353 e. The summed E-state index contributed by atoms with van der Waals surface area (Å²) in [6.07, 6.45) is -0.378. The molecule has 1 aromatic rings. The molecule has 0 aromatic heterocycles. The van der Waals surface area contributed by atoms with Crippen molar-refractivity contribution in [1.29, 1.82) is 0 Å². The molecule has 0 radical (unpaired) electrons. The van der Waals surface area contributed by atoms with E-state index in [1.54, 1.807) is 33.2 Å². The largest absolute Gasteiger partial charge is 0.477 e. The Morgan fingerprint density at radius 2 is 1.92 bits per heavy atom. The summed E-state index contributed by atoms with van der Waals surface area (Å²) in [6, 6.07) is 6.19. The van der Waals surface area contributed by atoms with Crippen LogP contribution in [0.25, 0.3) is 0 Å². The van der Waals surface area contributed by atoms with E-state index in [9.17, 15) is 29.4 Å². The molecule has 4 N–H and O–H groups in total. The number of carbonyl (C=O) groups is 4. The fourth-order valence-corrected chi connectivity index (χ4v) is 7.21. The number of likely N-dealkylation sites (N-methyl/N-ethyl adjacent to an activating group) is 1. The Morgan fingerprint density at radius 1 is 1.25 bits per heavy atom. The molecule has 2 unspecified atom stereocenters. The number of β-lactam (4-membered cyclic amide) rings is 1. The summed E-state index contributed by atoms with van der Waals surface area (Å²) in [7, 11) is 3.38. The minimum Gasteiger partial charge on any atom is -0.477 e. The molecule has 0 spiro atoms. The fraction of sp³-hybridized carbons (Fsp3) is 0.520. The topological polar surface area (TPSA) is 144 Å². The minimum absolute atomic E-state index is 0.0209. The number of aliphatic hydroxyl groups is 1. The highest BCUT2D eigenvalue weighted by molar-refractivity contribution is 8.03. The Balaban J connectivity index is 1.60. The molecule has 3 aliphatic heterocycles. The van der Waals surface area contributed by atoms with E-state index in [0.29, 0.717) is 30.0 Å². The molecule has 4 rings (SSSR count). The number of hydrogen-bond acceptors (Lipinski definition) is 7. The number of aliphatic carboxylic acids is 1. The van der Waals surface area contributed by atoms with Crippen LogP contribution in [-0.4, -0.2) is 92.7 Å². The molecular formula is C25H32N4O6S. The highest BCUT2D eigenvalue weighted by atomic mass is 32.2. The van der Waals surface area contributed by atoms with Crippen LogP contribution in [0.1, 0.15) is 36.2 Å². The molecule has 194 valence electrons. The van der Waals surface area contributed by atoms with Gasteiger partial charge in [0.1, 0.15) is 5.70 Å². The fourth-order valence-electron chi connectivity index (χ4n) is 5.65. The normalized spacial score (nSPS) is 28.6. The molecule has 1 aromatic carbocycles. The van der Waals surface area contributed by atoms with Gasteiger partial charge in [0, 0.05) is 48.8 Å².